The van der Waals surface area contributed by atoms with Gasteiger partial charge in [0.05, 0.1) is 11.9 Å². The predicted octanol–water partition coefficient (Wildman–Crippen LogP) is 5.05. The summed E-state index contributed by atoms with van der Waals surface area (Å²) in [6, 6.07) is 23.9. The molecule has 0 spiro atoms. The molecule has 0 bridgehead atoms. The SMILES string of the molecule is Cc1ccc(NC(=S)N/N=C/c2c(-c3cccc(N)c3)[nH]c3ccccc23)cc1. The number of nitrogens with zero attached hydrogens (tertiary/aromatic N) is 1. The van der Waals surface area contributed by atoms with Crippen molar-refractivity contribution in [1.29, 1.82) is 0 Å². The van der Waals surface area contributed by atoms with E-state index in [2.05, 4.69) is 26.9 Å². The Hall–Kier alpha value is -3.64. The summed E-state index contributed by atoms with van der Waals surface area (Å²) in [6.45, 7) is 2.05. The van der Waals surface area contributed by atoms with Gasteiger partial charge in [-0.3, -0.25) is 5.43 Å². The zero-order chi connectivity index (χ0) is 20.2. The van der Waals surface area contributed by atoms with E-state index in [4.69, 9.17) is 18.0 Å². The lowest BCUT2D eigenvalue weighted by atomic mass is 10.1. The molecule has 0 saturated carbocycles. The van der Waals surface area contributed by atoms with Crippen LogP contribution >= 0.6 is 12.2 Å². The fraction of sp³-hybridized carbons (Fsp3) is 0.0435. The van der Waals surface area contributed by atoms with Crippen LogP contribution in [0.1, 0.15) is 11.1 Å². The van der Waals surface area contributed by atoms with Crippen LogP contribution in [-0.2, 0) is 0 Å². The van der Waals surface area contributed by atoms with Crippen molar-refractivity contribution < 1.29 is 0 Å². The number of rotatable bonds is 4. The molecule has 3 aromatic carbocycles. The van der Waals surface area contributed by atoms with Crippen molar-refractivity contribution in [3.8, 4) is 11.3 Å². The number of nitrogen functional groups attached to an aromatic ring is 1. The molecule has 0 unspecified atom stereocenters. The van der Waals surface area contributed by atoms with Gasteiger partial charge in [0, 0.05) is 33.4 Å². The minimum atomic E-state index is 0.426. The molecule has 5 nitrogen and oxygen atoms in total. The Morgan fingerprint density at radius 1 is 1.03 bits per heavy atom. The van der Waals surface area contributed by atoms with Crippen LogP contribution in [0.15, 0.2) is 77.9 Å². The van der Waals surface area contributed by atoms with Gasteiger partial charge in [-0.1, -0.05) is 48.0 Å². The van der Waals surface area contributed by atoms with Crippen LogP contribution in [0.4, 0.5) is 11.4 Å². The summed E-state index contributed by atoms with van der Waals surface area (Å²) in [7, 11) is 0. The zero-order valence-electron chi connectivity index (χ0n) is 15.9. The number of fused-ring (bicyclic) bond motifs is 1. The van der Waals surface area contributed by atoms with Gasteiger partial charge in [-0.2, -0.15) is 5.10 Å². The Balaban J connectivity index is 1.59. The highest BCUT2D eigenvalue weighted by atomic mass is 32.1. The molecule has 4 aromatic rings. The third-order valence-electron chi connectivity index (χ3n) is 4.59. The number of para-hydroxylation sites is 1. The lowest BCUT2D eigenvalue weighted by molar-refractivity contribution is 1.05. The van der Waals surface area contributed by atoms with Gasteiger partial charge in [0.15, 0.2) is 5.11 Å². The summed E-state index contributed by atoms with van der Waals surface area (Å²) in [4.78, 5) is 3.47. The number of aromatic nitrogens is 1. The van der Waals surface area contributed by atoms with Crippen molar-refractivity contribution in [1.82, 2.24) is 10.4 Å². The number of nitrogens with one attached hydrogen (secondary N) is 3. The minimum Gasteiger partial charge on any atom is -0.399 e. The highest BCUT2D eigenvalue weighted by molar-refractivity contribution is 7.80. The van der Waals surface area contributed by atoms with Crippen molar-refractivity contribution in [2.45, 2.75) is 6.92 Å². The Labute approximate surface area is 174 Å². The van der Waals surface area contributed by atoms with Crippen molar-refractivity contribution in [3.05, 3.63) is 83.9 Å². The number of benzene rings is 3. The van der Waals surface area contributed by atoms with Crippen LogP contribution in [0.2, 0.25) is 0 Å². The van der Waals surface area contributed by atoms with E-state index in [1.165, 1.54) is 5.56 Å². The van der Waals surface area contributed by atoms with Crippen molar-refractivity contribution >= 4 is 45.8 Å². The van der Waals surface area contributed by atoms with E-state index in [9.17, 15) is 0 Å². The van der Waals surface area contributed by atoms with Gasteiger partial charge >= 0.3 is 0 Å². The van der Waals surface area contributed by atoms with Gasteiger partial charge in [0.25, 0.3) is 0 Å². The van der Waals surface area contributed by atoms with Gasteiger partial charge in [0.2, 0.25) is 0 Å². The third-order valence-corrected chi connectivity index (χ3v) is 4.78. The Kier molecular flexibility index (Phi) is 5.27. The molecule has 0 aliphatic heterocycles. The first-order chi connectivity index (χ1) is 14.1. The molecule has 0 radical (unpaired) electrons. The van der Waals surface area contributed by atoms with Gasteiger partial charge in [-0.05, 0) is 49.5 Å². The molecule has 0 aliphatic rings. The number of hydrogen-bond acceptors (Lipinski definition) is 3. The first-order valence-electron chi connectivity index (χ1n) is 9.23. The summed E-state index contributed by atoms with van der Waals surface area (Å²) in [5, 5.41) is 8.98. The molecule has 0 saturated heterocycles. The lowest BCUT2D eigenvalue weighted by Gasteiger charge is -2.07. The summed E-state index contributed by atoms with van der Waals surface area (Å²) in [5.74, 6) is 0. The second-order valence-corrected chi connectivity index (χ2v) is 7.18. The van der Waals surface area contributed by atoms with E-state index >= 15 is 0 Å². The Bertz CT molecular complexity index is 1190. The number of hydrazone groups is 1. The fourth-order valence-corrected chi connectivity index (χ4v) is 3.34. The highest BCUT2D eigenvalue weighted by Crippen LogP contribution is 2.30. The molecule has 29 heavy (non-hydrogen) atoms. The highest BCUT2D eigenvalue weighted by Gasteiger charge is 2.11. The average molecular weight is 400 g/mol. The van der Waals surface area contributed by atoms with E-state index in [0.717, 1.165) is 33.4 Å². The molecule has 4 rings (SSSR count). The standard InChI is InChI=1S/C23H21N5S/c1-15-9-11-18(12-10-15)26-23(29)28-25-14-20-19-7-2-3-8-21(19)27-22(20)16-5-4-6-17(24)13-16/h2-14,27H,24H2,1H3,(H2,26,28,29)/b25-14+. The van der Waals surface area contributed by atoms with Crippen LogP contribution in [-0.4, -0.2) is 16.3 Å². The maximum atomic E-state index is 5.98. The molecule has 144 valence electrons. The number of anilines is 2. The molecule has 0 fully saturated rings. The van der Waals surface area contributed by atoms with Crippen molar-refractivity contribution in [3.63, 3.8) is 0 Å². The smallest absolute Gasteiger partial charge is 0.191 e. The fourth-order valence-electron chi connectivity index (χ4n) is 3.17. The molecule has 0 amide bonds. The monoisotopic (exact) mass is 399 g/mol. The summed E-state index contributed by atoms with van der Waals surface area (Å²) in [5.41, 5.74) is 15.7. The summed E-state index contributed by atoms with van der Waals surface area (Å²) >= 11 is 5.34. The second-order valence-electron chi connectivity index (χ2n) is 6.77. The van der Waals surface area contributed by atoms with Gasteiger partial charge < -0.3 is 16.0 Å². The van der Waals surface area contributed by atoms with E-state index in [1.807, 2.05) is 73.7 Å². The van der Waals surface area contributed by atoms with Crippen molar-refractivity contribution in [2.75, 3.05) is 11.1 Å². The quantitative estimate of drug-likeness (QED) is 0.168. The molecular weight excluding hydrogens is 378 g/mol. The van der Waals surface area contributed by atoms with Crippen LogP contribution in [0, 0.1) is 6.92 Å². The van der Waals surface area contributed by atoms with E-state index in [1.54, 1.807) is 6.21 Å². The van der Waals surface area contributed by atoms with Gasteiger partial charge in [0.1, 0.15) is 0 Å². The van der Waals surface area contributed by atoms with E-state index in [0.29, 0.717) is 10.8 Å². The number of nitrogens with two attached hydrogens (primary N) is 1. The number of thiocarbonyl (C=S) groups is 1. The first-order valence-corrected chi connectivity index (χ1v) is 9.64. The predicted molar refractivity (Wildman–Crippen MR) is 126 cm³/mol. The van der Waals surface area contributed by atoms with E-state index in [-0.39, 0.29) is 0 Å². The number of aromatic amines is 1. The minimum absolute atomic E-state index is 0.426. The summed E-state index contributed by atoms with van der Waals surface area (Å²) in [6.07, 6.45) is 1.78. The van der Waals surface area contributed by atoms with Crippen LogP contribution in [0.3, 0.4) is 0 Å². The maximum absolute atomic E-state index is 5.98. The normalized spacial score (nSPS) is 11.1. The summed E-state index contributed by atoms with van der Waals surface area (Å²) < 4.78 is 0. The first kappa shape index (κ1) is 18.7. The molecule has 0 atom stereocenters. The lowest BCUT2D eigenvalue weighted by Crippen LogP contribution is -2.23. The Morgan fingerprint density at radius 2 is 1.83 bits per heavy atom. The Morgan fingerprint density at radius 3 is 2.62 bits per heavy atom. The molecule has 1 aromatic heterocycles. The molecular formula is C23H21N5S. The van der Waals surface area contributed by atoms with Crippen LogP contribution in [0.25, 0.3) is 22.2 Å². The van der Waals surface area contributed by atoms with Crippen LogP contribution < -0.4 is 16.5 Å². The second kappa shape index (κ2) is 8.16. The van der Waals surface area contributed by atoms with Crippen molar-refractivity contribution in [2.24, 2.45) is 5.10 Å². The zero-order valence-corrected chi connectivity index (χ0v) is 16.8. The van der Waals surface area contributed by atoms with Crippen LogP contribution in [0.5, 0.6) is 0 Å². The molecule has 0 aliphatic carbocycles. The molecule has 6 heteroatoms. The number of aryl methyl sites for hydroxylation is 1. The van der Waals surface area contributed by atoms with Gasteiger partial charge in [-0.15, -0.1) is 0 Å². The number of H-pyrrole nitrogens is 1. The van der Waals surface area contributed by atoms with Gasteiger partial charge in [-0.25, -0.2) is 0 Å². The molecule has 5 N–H and O–H groups in total. The number of hydrogen-bond donors (Lipinski definition) is 4. The largest absolute Gasteiger partial charge is 0.399 e. The average Bonchev–Trinajstić information content (AvgIpc) is 3.09. The maximum Gasteiger partial charge on any atom is 0.191 e. The topological polar surface area (TPSA) is 78.2 Å². The molecule has 1 heterocycles. The van der Waals surface area contributed by atoms with E-state index < -0.39 is 0 Å². The third kappa shape index (κ3) is 4.28.